The van der Waals surface area contributed by atoms with Crippen LogP contribution in [-0.2, 0) is 9.59 Å². The lowest BCUT2D eigenvalue weighted by Gasteiger charge is -2.16. The lowest BCUT2D eigenvalue weighted by molar-refractivity contribution is -0.123. The molecule has 0 fully saturated rings. The predicted octanol–water partition coefficient (Wildman–Crippen LogP) is 5.04. The van der Waals surface area contributed by atoms with E-state index in [4.69, 9.17) is 0 Å². The molecule has 4 nitrogen and oxygen atoms in total. The van der Waals surface area contributed by atoms with Crippen molar-refractivity contribution >= 4 is 17.5 Å². The SMILES string of the molecule is CC(C)c1ccc(NC(=O)C[C@@H](C)CC(=O)N[C@H](C)c2ccccc2)cc1. The molecule has 27 heavy (non-hydrogen) atoms. The van der Waals surface area contributed by atoms with Crippen LogP contribution in [0.2, 0.25) is 0 Å². The highest BCUT2D eigenvalue weighted by Gasteiger charge is 2.16. The molecular formula is C23H30N2O2. The highest BCUT2D eigenvalue weighted by Crippen LogP contribution is 2.18. The number of hydrogen-bond acceptors (Lipinski definition) is 2. The van der Waals surface area contributed by atoms with Crippen molar-refractivity contribution in [2.75, 3.05) is 5.32 Å². The van der Waals surface area contributed by atoms with Crippen LogP contribution in [-0.4, -0.2) is 11.8 Å². The molecule has 4 heteroatoms. The number of hydrogen-bond donors (Lipinski definition) is 2. The van der Waals surface area contributed by atoms with E-state index in [1.54, 1.807) is 0 Å². The van der Waals surface area contributed by atoms with Crippen LogP contribution in [0, 0.1) is 5.92 Å². The lowest BCUT2D eigenvalue weighted by atomic mass is 10.0. The summed E-state index contributed by atoms with van der Waals surface area (Å²) in [4.78, 5) is 24.5. The molecule has 0 aliphatic rings. The van der Waals surface area contributed by atoms with Gasteiger partial charge >= 0.3 is 0 Å². The van der Waals surface area contributed by atoms with Gasteiger partial charge in [0.1, 0.15) is 0 Å². The minimum atomic E-state index is -0.0660. The van der Waals surface area contributed by atoms with Gasteiger partial charge in [-0.05, 0) is 42.0 Å². The third kappa shape index (κ3) is 6.89. The number of amides is 2. The molecule has 144 valence electrons. The summed E-state index contributed by atoms with van der Waals surface area (Å²) in [6.45, 7) is 8.16. The second-order valence-corrected chi connectivity index (χ2v) is 7.54. The molecule has 2 aromatic rings. The first-order valence-corrected chi connectivity index (χ1v) is 9.59. The van der Waals surface area contributed by atoms with E-state index in [1.807, 2.05) is 68.4 Å². The van der Waals surface area contributed by atoms with Gasteiger partial charge in [-0.2, -0.15) is 0 Å². The number of anilines is 1. The Morgan fingerprint density at radius 2 is 1.37 bits per heavy atom. The van der Waals surface area contributed by atoms with Gasteiger partial charge in [-0.15, -0.1) is 0 Å². The molecular weight excluding hydrogens is 336 g/mol. The van der Waals surface area contributed by atoms with E-state index in [-0.39, 0.29) is 23.8 Å². The summed E-state index contributed by atoms with van der Waals surface area (Å²) < 4.78 is 0. The number of benzene rings is 2. The third-order valence-corrected chi connectivity index (χ3v) is 4.61. The molecule has 2 rings (SSSR count). The van der Waals surface area contributed by atoms with E-state index in [9.17, 15) is 9.59 Å². The Labute approximate surface area is 162 Å². The Balaban J connectivity index is 1.77. The zero-order valence-corrected chi connectivity index (χ0v) is 16.7. The first-order valence-electron chi connectivity index (χ1n) is 9.59. The summed E-state index contributed by atoms with van der Waals surface area (Å²) >= 11 is 0. The number of nitrogens with one attached hydrogen (secondary N) is 2. The van der Waals surface area contributed by atoms with Gasteiger partial charge < -0.3 is 10.6 Å². The summed E-state index contributed by atoms with van der Waals surface area (Å²) in [6.07, 6.45) is 0.649. The average Bonchev–Trinajstić information content (AvgIpc) is 2.62. The quantitative estimate of drug-likeness (QED) is 0.687. The van der Waals surface area contributed by atoms with Crippen molar-refractivity contribution in [3.05, 3.63) is 65.7 Å². The van der Waals surface area contributed by atoms with Crippen LogP contribution in [0.3, 0.4) is 0 Å². The van der Waals surface area contributed by atoms with Crippen LogP contribution in [0.1, 0.15) is 63.6 Å². The second-order valence-electron chi connectivity index (χ2n) is 7.54. The van der Waals surface area contributed by atoms with Gasteiger partial charge in [0, 0.05) is 18.5 Å². The van der Waals surface area contributed by atoms with Gasteiger partial charge in [-0.3, -0.25) is 9.59 Å². The molecule has 0 unspecified atom stereocenters. The minimum Gasteiger partial charge on any atom is -0.350 e. The van der Waals surface area contributed by atoms with Crippen LogP contribution in [0.5, 0.6) is 0 Å². The Hall–Kier alpha value is -2.62. The Morgan fingerprint density at radius 1 is 0.778 bits per heavy atom. The fourth-order valence-corrected chi connectivity index (χ4v) is 2.99. The highest BCUT2D eigenvalue weighted by molar-refractivity contribution is 5.91. The first kappa shape index (κ1) is 20.7. The zero-order chi connectivity index (χ0) is 19.8. The minimum absolute atomic E-state index is 0.0251. The normalized spacial score (nSPS) is 13.1. The molecule has 0 saturated carbocycles. The molecule has 0 bridgehead atoms. The Morgan fingerprint density at radius 3 is 1.96 bits per heavy atom. The van der Waals surface area contributed by atoms with Crippen molar-refractivity contribution in [1.82, 2.24) is 5.32 Å². The average molecular weight is 367 g/mol. The number of carbonyl (C=O) groups is 2. The van der Waals surface area contributed by atoms with Crippen molar-refractivity contribution in [2.24, 2.45) is 5.92 Å². The molecule has 2 atom stereocenters. The van der Waals surface area contributed by atoms with Crippen molar-refractivity contribution < 1.29 is 9.59 Å². The van der Waals surface area contributed by atoms with Crippen molar-refractivity contribution in [1.29, 1.82) is 0 Å². The van der Waals surface area contributed by atoms with E-state index >= 15 is 0 Å². The molecule has 2 N–H and O–H groups in total. The van der Waals surface area contributed by atoms with E-state index in [1.165, 1.54) is 5.56 Å². The summed E-state index contributed by atoms with van der Waals surface area (Å²) in [5.41, 5.74) is 3.10. The standard InChI is InChI=1S/C23H30N2O2/c1-16(2)19-10-12-21(13-11-19)25-23(27)15-17(3)14-22(26)24-18(4)20-8-6-5-7-9-20/h5-13,16-18H,14-15H2,1-4H3,(H,24,26)(H,25,27)/t17-,18+/m0/s1. The lowest BCUT2D eigenvalue weighted by Crippen LogP contribution is -2.28. The Bertz CT molecular complexity index is 739. The maximum Gasteiger partial charge on any atom is 0.224 e. The molecule has 2 amide bonds. The number of carbonyl (C=O) groups excluding carboxylic acids is 2. The summed E-state index contributed by atoms with van der Waals surface area (Å²) in [5, 5.41) is 5.90. The van der Waals surface area contributed by atoms with Crippen LogP contribution in [0.15, 0.2) is 54.6 Å². The van der Waals surface area contributed by atoms with Gasteiger partial charge in [-0.25, -0.2) is 0 Å². The zero-order valence-electron chi connectivity index (χ0n) is 16.7. The molecule has 0 aromatic heterocycles. The van der Waals surface area contributed by atoms with E-state index in [0.29, 0.717) is 18.8 Å². The first-order chi connectivity index (χ1) is 12.8. The van der Waals surface area contributed by atoms with Gasteiger partial charge in [0.15, 0.2) is 0 Å². The molecule has 0 heterocycles. The molecule has 0 aliphatic carbocycles. The summed E-state index contributed by atoms with van der Waals surface area (Å²) in [5.74, 6) is 0.339. The second kappa shape index (κ2) is 9.91. The van der Waals surface area contributed by atoms with Crippen LogP contribution >= 0.6 is 0 Å². The van der Waals surface area contributed by atoms with E-state index in [0.717, 1.165) is 11.3 Å². The molecule has 2 aromatic carbocycles. The maximum absolute atomic E-state index is 12.2. The monoisotopic (exact) mass is 366 g/mol. The van der Waals surface area contributed by atoms with Crippen LogP contribution in [0.4, 0.5) is 5.69 Å². The summed E-state index contributed by atoms with van der Waals surface area (Å²) in [7, 11) is 0. The van der Waals surface area contributed by atoms with Crippen molar-refractivity contribution in [3.63, 3.8) is 0 Å². The van der Waals surface area contributed by atoms with Gasteiger partial charge in [-0.1, -0.05) is 63.2 Å². The predicted molar refractivity (Wildman–Crippen MR) is 111 cm³/mol. The van der Waals surface area contributed by atoms with Gasteiger partial charge in [0.25, 0.3) is 0 Å². The molecule has 0 aliphatic heterocycles. The maximum atomic E-state index is 12.2. The molecule has 0 saturated heterocycles. The Kier molecular flexibility index (Phi) is 7.59. The molecule has 0 radical (unpaired) electrons. The van der Waals surface area contributed by atoms with Gasteiger partial charge in [0.2, 0.25) is 11.8 Å². The molecule has 0 spiro atoms. The smallest absolute Gasteiger partial charge is 0.224 e. The van der Waals surface area contributed by atoms with E-state index in [2.05, 4.69) is 24.5 Å². The van der Waals surface area contributed by atoms with Crippen molar-refractivity contribution in [3.8, 4) is 0 Å². The third-order valence-electron chi connectivity index (χ3n) is 4.61. The highest BCUT2D eigenvalue weighted by atomic mass is 16.2. The number of rotatable bonds is 8. The fourth-order valence-electron chi connectivity index (χ4n) is 2.99. The van der Waals surface area contributed by atoms with Crippen molar-refractivity contribution in [2.45, 2.75) is 52.5 Å². The topological polar surface area (TPSA) is 58.2 Å². The van der Waals surface area contributed by atoms with Crippen LogP contribution < -0.4 is 10.6 Å². The largest absolute Gasteiger partial charge is 0.350 e. The fraction of sp³-hybridized carbons (Fsp3) is 0.391. The van der Waals surface area contributed by atoms with Crippen LogP contribution in [0.25, 0.3) is 0 Å². The van der Waals surface area contributed by atoms with Gasteiger partial charge in [0.05, 0.1) is 6.04 Å². The summed E-state index contributed by atoms with van der Waals surface area (Å²) in [6, 6.07) is 17.7. The van der Waals surface area contributed by atoms with E-state index < -0.39 is 0 Å².